The van der Waals surface area contributed by atoms with Crippen LogP contribution in [0.5, 0.6) is 5.75 Å². The quantitative estimate of drug-likeness (QED) is 0.859. The molecule has 1 saturated heterocycles. The van der Waals surface area contributed by atoms with Crippen LogP contribution < -0.4 is 20.7 Å². The fourth-order valence-corrected chi connectivity index (χ4v) is 3.44. The molecular formula is C19H28FN3O3. The Bertz CT molecular complexity index is 662. The monoisotopic (exact) mass is 365 g/mol. The summed E-state index contributed by atoms with van der Waals surface area (Å²) < 4.78 is 24.5. The van der Waals surface area contributed by atoms with Crippen LogP contribution in [0.3, 0.4) is 0 Å². The van der Waals surface area contributed by atoms with Gasteiger partial charge in [-0.1, -0.05) is 6.07 Å². The second kappa shape index (κ2) is 7.31. The van der Waals surface area contributed by atoms with Crippen LogP contribution in [-0.4, -0.2) is 50.1 Å². The number of rotatable bonds is 3. The Labute approximate surface area is 153 Å². The minimum atomic E-state index is -0.579. The van der Waals surface area contributed by atoms with Gasteiger partial charge in [0.1, 0.15) is 18.0 Å². The molecule has 3 rings (SSSR count). The summed E-state index contributed by atoms with van der Waals surface area (Å²) in [5, 5.41) is 2.81. The van der Waals surface area contributed by atoms with Gasteiger partial charge in [0.25, 0.3) is 0 Å². The molecule has 144 valence electrons. The minimum Gasteiger partial charge on any atom is -0.492 e. The molecule has 1 fully saturated rings. The predicted molar refractivity (Wildman–Crippen MR) is 98.5 cm³/mol. The first kappa shape index (κ1) is 18.8. The van der Waals surface area contributed by atoms with E-state index in [0.29, 0.717) is 19.7 Å². The molecule has 6 nitrogen and oxygen atoms in total. The van der Waals surface area contributed by atoms with Gasteiger partial charge in [-0.15, -0.1) is 0 Å². The van der Waals surface area contributed by atoms with Gasteiger partial charge in [-0.05, 0) is 38.8 Å². The number of nitrogens with one attached hydrogen (secondary N) is 1. The maximum absolute atomic E-state index is 13.5. The standard InChI is InChI=1S/C19H28FN3O3/c1-19(2,3)26-18(24)22-16-10-23(9-13(16)8-20)15-5-4-12-6-14(21)11-25-17(12)7-15/h4-5,7,13-14,16H,6,8-11,21H2,1-3H3,(H,22,24)/t13?,14-,16?/m1/s1. The number of alkyl carbamates (subject to hydrolysis) is 1. The molecular weight excluding hydrogens is 337 g/mol. The largest absolute Gasteiger partial charge is 0.492 e. The van der Waals surface area contributed by atoms with Crippen LogP contribution in [0.25, 0.3) is 0 Å². The Morgan fingerprint density at radius 2 is 2.19 bits per heavy atom. The van der Waals surface area contributed by atoms with Crippen molar-refractivity contribution in [2.45, 2.75) is 44.9 Å². The number of carbonyl (C=O) groups is 1. The number of nitrogens with zero attached hydrogens (tertiary/aromatic N) is 1. The van der Waals surface area contributed by atoms with E-state index in [-0.39, 0.29) is 18.0 Å². The van der Waals surface area contributed by atoms with Gasteiger partial charge in [0.15, 0.2) is 0 Å². The Morgan fingerprint density at radius 1 is 1.42 bits per heavy atom. The molecule has 3 atom stereocenters. The van der Waals surface area contributed by atoms with Crippen molar-refractivity contribution in [3.8, 4) is 5.75 Å². The first-order valence-electron chi connectivity index (χ1n) is 9.07. The minimum absolute atomic E-state index is 0.0264. The average molecular weight is 365 g/mol. The van der Waals surface area contributed by atoms with Gasteiger partial charge in [-0.25, -0.2) is 4.79 Å². The molecule has 0 radical (unpaired) electrons. The van der Waals surface area contributed by atoms with Gasteiger partial charge in [-0.3, -0.25) is 4.39 Å². The van der Waals surface area contributed by atoms with E-state index in [1.807, 2.05) is 18.2 Å². The molecule has 2 unspecified atom stereocenters. The second-order valence-corrected chi connectivity index (χ2v) is 8.14. The smallest absolute Gasteiger partial charge is 0.407 e. The highest BCUT2D eigenvalue weighted by Gasteiger charge is 2.35. The van der Waals surface area contributed by atoms with Crippen molar-refractivity contribution in [3.63, 3.8) is 0 Å². The van der Waals surface area contributed by atoms with Crippen molar-refractivity contribution in [2.75, 3.05) is 31.3 Å². The highest BCUT2D eigenvalue weighted by Crippen LogP contribution is 2.32. The number of fused-ring (bicyclic) bond motifs is 1. The molecule has 2 heterocycles. The van der Waals surface area contributed by atoms with Crippen molar-refractivity contribution in [1.29, 1.82) is 0 Å². The zero-order valence-corrected chi connectivity index (χ0v) is 15.6. The molecule has 0 spiro atoms. The van der Waals surface area contributed by atoms with Crippen LogP contribution in [0.2, 0.25) is 0 Å². The third-order valence-corrected chi connectivity index (χ3v) is 4.69. The highest BCUT2D eigenvalue weighted by molar-refractivity contribution is 5.68. The van der Waals surface area contributed by atoms with Crippen molar-refractivity contribution >= 4 is 11.8 Å². The number of alkyl halides is 1. The Balaban J connectivity index is 1.68. The van der Waals surface area contributed by atoms with Gasteiger partial charge < -0.3 is 25.4 Å². The molecule has 0 bridgehead atoms. The summed E-state index contributed by atoms with van der Waals surface area (Å²) in [4.78, 5) is 14.1. The number of hydrogen-bond acceptors (Lipinski definition) is 5. The first-order valence-corrected chi connectivity index (χ1v) is 9.07. The summed E-state index contributed by atoms with van der Waals surface area (Å²) in [6.07, 6.45) is 0.288. The number of amides is 1. The summed E-state index contributed by atoms with van der Waals surface area (Å²) >= 11 is 0. The number of carbonyl (C=O) groups excluding carboxylic acids is 1. The van der Waals surface area contributed by atoms with Crippen LogP contribution in [-0.2, 0) is 11.2 Å². The molecule has 3 N–H and O–H groups in total. The van der Waals surface area contributed by atoms with Crippen LogP contribution in [0, 0.1) is 5.92 Å². The summed E-state index contributed by atoms with van der Waals surface area (Å²) in [6.45, 7) is 6.50. The molecule has 26 heavy (non-hydrogen) atoms. The topological polar surface area (TPSA) is 76.8 Å². The zero-order valence-electron chi connectivity index (χ0n) is 15.6. The fourth-order valence-electron chi connectivity index (χ4n) is 3.44. The van der Waals surface area contributed by atoms with Crippen LogP contribution >= 0.6 is 0 Å². The lowest BCUT2D eigenvalue weighted by Gasteiger charge is -2.25. The van der Waals surface area contributed by atoms with Crippen molar-refractivity contribution in [1.82, 2.24) is 5.32 Å². The summed E-state index contributed by atoms with van der Waals surface area (Å²) in [6, 6.07) is 5.74. The molecule has 2 aliphatic heterocycles. The molecule has 2 aliphatic rings. The van der Waals surface area contributed by atoms with E-state index in [2.05, 4.69) is 10.2 Å². The third-order valence-electron chi connectivity index (χ3n) is 4.69. The average Bonchev–Trinajstić information content (AvgIpc) is 2.95. The van der Waals surface area contributed by atoms with Gasteiger partial charge in [0.2, 0.25) is 0 Å². The van der Waals surface area contributed by atoms with Crippen LogP contribution in [0.1, 0.15) is 26.3 Å². The molecule has 1 aromatic carbocycles. The first-order chi connectivity index (χ1) is 12.2. The lowest BCUT2D eigenvalue weighted by molar-refractivity contribution is 0.0494. The molecule has 0 aromatic heterocycles. The van der Waals surface area contributed by atoms with E-state index in [0.717, 1.165) is 23.4 Å². The number of ether oxygens (including phenoxy) is 2. The molecule has 1 aromatic rings. The number of halogens is 1. The Kier molecular flexibility index (Phi) is 5.27. The highest BCUT2D eigenvalue weighted by atomic mass is 19.1. The van der Waals surface area contributed by atoms with E-state index in [1.54, 1.807) is 20.8 Å². The number of benzene rings is 1. The molecule has 7 heteroatoms. The van der Waals surface area contributed by atoms with E-state index in [9.17, 15) is 9.18 Å². The van der Waals surface area contributed by atoms with E-state index in [4.69, 9.17) is 15.2 Å². The Hall–Kier alpha value is -2.02. The van der Waals surface area contributed by atoms with Crippen molar-refractivity contribution < 1.29 is 18.7 Å². The second-order valence-electron chi connectivity index (χ2n) is 8.14. The predicted octanol–water partition coefficient (Wildman–Crippen LogP) is 2.25. The van der Waals surface area contributed by atoms with E-state index < -0.39 is 18.4 Å². The maximum Gasteiger partial charge on any atom is 0.407 e. The number of nitrogens with two attached hydrogens (primary N) is 1. The third kappa shape index (κ3) is 4.38. The normalized spacial score (nSPS) is 25.4. The van der Waals surface area contributed by atoms with Crippen molar-refractivity contribution in [2.24, 2.45) is 11.7 Å². The summed E-state index contributed by atoms with van der Waals surface area (Å²) in [5.41, 5.74) is 7.40. The van der Waals surface area contributed by atoms with Crippen LogP contribution in [0.15, 0.2) is 18.2 Å². The maximum atomic E-state index is 13.5. The molecule has 1 amide bonds. The number of hydrogen-bond donors (Lipinski definition) is 2. The Morgan fingerprint density at radius 3 is 2.88 bits per heavy atom. The fraction of sp³-hybridized carbons (Fsp3) is 0.632. The van der Waals surface area contributed by atoms with Gasteiger partial charge in [0, 0.05) is 36.8 Å². The van der Waals surface area contributed by atoms with Gasteiger partial charge in [0.05, 0.1) is 12.7 Å². The molecule has 0 saturated carbocycles. The van der Waals surface area contributed by atoms with Gasteiger partial charge in [-0.2, -0.15) is 0 Å². The SMILES string of the molecule is CC(C)(C)OC(=O)NC1CN(c2ccc3c(c2)OC[C@H](N)C3)CC1CF. The van der Waals surface area contributed by atoms with Gasteiger partial charge >= 0.3 is 6.09 Å². The number of anilines is 1. The van der Waals surface area contributed by atoms with Crippen molar-refractivity contribution in [3.05, 3.63) is 23.8 Å². The van der Waals surface area contributed by atoms with E-state index in [1.165, 1.54) is 0 Å². The van der Waals surface area contributed by atoms with Crippen LogP contribution in [0.4, 0.5) is 14.9 Å². The lowest BCUT2D eigenvalue weighted by Crippen LogP contribution is -2.43. The summed E-state index contributed by atoms with van der Waals surface area (Å²) in [7, 11) is 0. The van der Waals surface area contributed by atoms with E-state index >= 15 is 0 Å². The summed E-state index contributed by atoms with van der Waals surface area (Å²) in [5.74, 6) is 0.567. The lowest BCUT2D eigenvalue weighted by atomic mass is 10.0. The zero-order chi connectivity index (χ0) is 18.9. The molecule has 0 aliphatic carbocycles.